The lowest BCUT2D eigenvalue weighted by Crippen LogP contribution is -2.43. The number of likely N-dealkylation sites (tertiary alicyclic amines) is 1. The Kier molecular flexibility index (Phi) is 7.55. The molecule has 1 saturated heterocycles. The second kappa shape index (κ2) is 10.7. The number of carbonyl (C=O) groups excluding carboxylic acids is 1. The number of nitrogens with one attached hydrogen (secondary N) is 1. The fourth-order valence-corrected chi connectivity index (χ4v) is 4.19. The number of rotatable bonds is 8. The molecule has 0 saturated carbocycles. The molecule has 1 aromatic heterocycles. The van der Waals surface area contributed by atoms with E-state index in [2.05, 4.69) is 36.3 Å². The minimum absolute atomic E-state index is 0.0457. The summed E-state index contributed by atoms with van der Waals surface area (Å²) < 4.78 is 12.1. The molecule has 8 heteroatoms. The van der Waals surface area contributed by atoms with Gasteiger partial charge in [-0.25, -0.2) is 0 Å². The number of benzene rings is 2. The van der Waals surface area contributed by atoms with Crippen molar-refractivity contribution in [3.05, 3.63) is 64.5 Å². The summed E-state index contributed by atoms with van der Waals surface area (Å²) in [6, 6.07) is 15.7. The molecule has 0 radical (unpaired) electrons. The van der Waals surface area contributed by atoms with Gasteiger partial charge in [0.1, 0.15) is 12.4 Å². The van der Waals surface area contributed by atoms with E-state index in [9.17, 15) is 4.79 Å². The quantitative estimate of drug-likeness (QED) is 0.468. The van der Waals surface area contributed by atoms with E-state index >= 15 is 0 Å². The second-order valence-electron chi connectivity index (χ2n) is 8.05. The van der Waals surface area contributed by atoms with Crippen molar-refractivity contribution in [3.8, 4) is 17.1 Å². The largest absolute Gasteiger partial charge is 0.492 e. The second-order valence-corrected chi connectivity index (χ2v) is 8.96. The number of carbonyl (C=O) groups is 1. The summed E-state index contributed by atoms with van der Waals surface area (Å²) in [6.45, 7) is 5.11. The van der Waals surface area contributed by atoms with Crippen molar-refractivity contribution in [1.82, 2.24) is 20.4 Å². The van der Waals surface area contributed by atoms with Crippen LogP contribution in [0, 0.1) is 12.8 Å². The molecule has 0 spiro atoms. The normalized spacial score (nSPS) is 16.6. The Morgan fingerprint density at radius 2 is 2.12 bits per heavy atom. The average molecular weight is 499 g/mol. The zero-order chi connectivity index (χ0) is 22.3. The maximum atomic E-state index is 12.6. The van der Waals surface area contributed by atoms with Crippen LogP contribution in [0.1, 0.15) is 24.3 Å². The molecule has 1 aliphatic heterocycles. The van der Waals surface area contributed by atoms with Crippen molar-refractivity contribution in [2.24, 2.45) is 5.92 Å². The van der Waals surface area contributed by atoms with Gasteiger partial charge in [-0.15, -0.1) is 0 Å². The summed E-state index contributed by atoms with van der Waals surface area (Å²) in [5.74, 6) is 1.97. The van der Waals surface area contributed by atoms with Crippen LogP contribution in [0.4, 0.5) is 0 Å². The molecule has 1 fully saturated rings. The van der Waals surface area contributed by atoms with Gasteiger partial charge in [0.25, 0.3) is 0 Å². The lowest BCUT2D eigenvalue weighted by molar-refractivity contribution is -0.126. The zero-order valence-corrected chi connectivity index (χ0v) is 19.7. The summed E-state index contributed by atoms with van der Waals surface area (Å²) >= 11 is 3.46. The number of halogens is 1. The number of ether oxygens (including phenoxy) is 1. The number of hydrogen-bond acceptors (Lipinski definition) is 6. The first-order valence-corrected chi connectivity index (χ1v) is 11.6. The monoisotopic (exact) mass is 498 g/mol. The maximum Gasteiger partial charge on any atom is 0.241 e. The van der Waals surface area contributed by atoms with Gasteiger partial charge in [-0.2, -0.15) is 4.98 Å². The minimum Gasteiger partial charge on any atom is -0.492 e. The van der Waals surface area contributed by atoms with Crippen molar-refractivity contribution in [2.45, 2.75) is 26.3 Å². The van der Waals surface area contributed by atoms with Crippen LogP contribution in [-0.2, 0) is 11.3 Å². The van der Waals surface area contributed by atoms with Crippen LogP contribution in [0.3, 0.4) is 0 Å². The van der Waals surface area contributed by atoms with Crippen molar-refractivity contribution in [1.29, 1.82) is 0 Å². The molecular formula is C24H27BrN4O3. The molecule has 7 nitrogen and oxygen atoms in total. The predicted molar refractivity (Wildman–Crippen MR) is 125 cm³/mol. The third-order valence-electron chi connectivity index (χ3n) is 5.48. The fraction of sp³-hybridized carbons (Fsp3) is 0.375. The number of aromatic nitrogens is 2. The molecule has 0 bridgehead atoms. The van der Waals surface area contributed by atoms with Crippen LogP contribution in [-0.4, -0.2) is 47.2 Å². The van der Waals surface area contributed by atoms with Gasteiger partial charge in [0.15, 0.2) is 0 Å². The highest BCUT2D eigenvalue weighted by Crippen LogP contribution is 2.22. The molecule has 1 unspecified atom stereocenters. The molecule has 1 aliphatic rings. The van der Waals surface area contributed by atoms with Gasteiger partial charge in [-0.05, 0) is 50.6 Å². The summed E-state index contributed by atoms with van der Waals surface area (Å²) in [7, 11) is 0. The summed E-state index contributed by atoms with van der Waals surface area (Å²) in [4.78, 5) is 19.4. The van der Waals surface area contributed by atoms with E-state index in [1.807, 2.05) is 55.5 Å². The lowest BCUT2D eigenvalue weighted by atomic mass is 9.97. The van der Waals surface area contributed by atoms with Gasteiger partial charge in [0.05, 0.1) is 19.0 Å². The van der Waals surface area contributed by atoms with Gasteiger partial charge in [0, 0.05) is 16.6 Å². The number of nitrogens with zero attached hydrogens (tertiary/aromatic N) is 3. The Morgan fingerprint density at radius 3 is 2.94 bits per heavy atom. The molecule has 2 heterocycles. The Labute approximate surface area is 196 Å². The van der Waals surface area contributed by atoms with Crippen molar-refractivity contribution in [2.75, 3.05) is 26.2 Å². The lowest BCUT2D eigenvalue weighted by Gasteiger charge is -2.30. The summed E-state index contributed by atoms with van der Waals surface area (Å²) in [5.41, 5.74) is 2.09. The van der Waals surface area contributed by atoms with Crippen molar-refractivity contribution >= 4 is 21.8 Å². The fourth-order valence-electron chi connectivity index (χ4n) is 3.79. The first-order chi connectivity index (χ1) is 15.6. The van der Waals surface area contributed by atoms with Crippen molar-refractivity contribution in [3.63, 3.8) is 0 Å². The summed E-state index contributed by atoms with van der Waals surface area (Å²) in [6.07, 6.45) is 1.85. The van der Waals surface area contributed by atoms with E-state index in [0.717, 1.165) is 35.2 Å². The molecule has 1 amide bonds. The highest BCUT2D eigenvalue weighted by atomic mass is 79.9. The van der Waals surface area contributed by atoms with E-state index in [1.165, 1.54) is 5.56 Å². The van der Waals surface area contributed by atoms with Crippen LogP contribution >= 0.6 is 15.9 Å². The molecule has 4 rings (SSSR count). The Balaban J connectivity index is 1.23. The maximum absolute atomic E-state index is 12.6. The molecule has 168 valence electrons. The van der Waals surface area contributed by atoms with E-state index < -0.39 is 0 Å². The molecule has 1 N–H and O–H groups in total. The van der Waals surface area contributed by atoms with Crippen LogP contribution in [0.15, 0.2) is 57.5 Å². The van der Waals surface area contributed by atoms with E-state index in [-0.39, 0.29) is 11.8 Å². The molecular weight excluding hydrogens is 472 g/mol. The molecule has 0 aliphatic carbocycles. The minimum atomic E-state index is -0.0457. The number of piperidine rings is 1. The highest BCUT2D eigenvalue weighted by Gasteiger charge is 2.26. The Hall–Kier alpha value is -2.71. The molecule has 2 aromatic carbocycles. The predicted octanol–water partition coefficient (Wildman–Crippen LogP) is 4.21. The summed E-state index contributed by atoms with van der Waals surface area (Å²) in [5, 5.41) is 7.10. The van der Waals surface area contributed by atoms with Gasteiger partial charge >= 0.3 is 0 Å². The smallest absolute Gasteiger partial charge is 0.241 e. The van der Waals surface area contributed by atoms with E-state index in [1.54, 1.807) is 0 Å². The SMILES string of the molecule is Cc1ccc(OCCNC(=O)C2CCCN(Cc3nc(-c4cccc(Br)c4)no3)C2)cc1. The average Bonchev–Trinajstić information content (AvgIpc) is 3.26. The van der Waals surface area contributed by atoms with Gasteiger partial charge in [-0.1, -0.05) is 50.9 Å². The molecule has 1 atom stereocenters. The highest BCUT2D eigenvalue weighted by molar-refractivity contribution is 9.10. The topological polar surface area (TPSA) is 80.5 Å². The third-order valence-corrected chi connectivity index (χ3v) is 5.97. The van der Waals surface area contributed by atoms with Crippen LogP contribution in [0.2, 0.25) is 0 Å². The van der Waals surface area contributed by atoms with Gasteiger partial charge < -0.3 is 14.6 Å². The first-order valence-electron chi connectivity index (χ1n) is 10.8. The first kappa shape index (κ1) is 22.5. The Morgan fingerprint density at radius 1 is 1.28 bits per heavy atom. The van der Waals surface area contributed by atoms with Crippen molar-refractivity contribution < 1.29 is 14.1 Å². The third kappa shape index (κ3) is 6.17. The number of aryl methyl sites for hydroxylation is 1. The molecule has 32 heavy (non-hydrogen) atoms. The van der Waals surface area contributed by atoms with Crippen LogP contribution in [0.25, 0.3) is 11.4 Å². The van der Waals surface area contributed by atoms with Gasteiger partial charge in [-0.3, -0.25) is 9.69 Å². The Bertz CT molecular complexity index is 1040. The number of amides is 1. The standard InChI is InChI=1S/C24H27BrN4O3/c1-17-7-9-21(10-8-17)31-13-11-26-24(30)19-5-3-12-29(15-19)16-22-27-23(28-32-22)18-4-2-6-20(25)14-18/h2,4,6-10,14,19H,3,5,11-13,15-16H2,1H3,(H,26,30). The van der Waals surface area contributed by atoms with Crippen LogP contribution < -0.4 is 10.1 Å². The van der Waals surface area contributed by atoms with Crippen LogP contribution in [0.5, 0.6) is 5.75 Å². The molecule has 3 aromatic rings. The van der Waals surface area contributed by atoms with Gasteiger partial charge in [0.2, 0.25) is 17.6 Å². The van der Waals surface area contributed by atoms with E-state index in [4.69, 9.17) is 9.26 Å². The zero-order valence-electron chi connectivity index (χ0n) is 18.1. The van der Waals surface area contributed by atoms with E-state index in [0.29, 0.717) is 38.0 Å². The number of hydrogen-bond donors (Lipinski definition) is 1.